The molecule has 1 fully saturated rings. The fourth-order valence-electron chi connectivity index (χ4n) is 1.94. The van der Waals surface area contributed by atoms with Gasteiger partial charge in [0.2, 0.25) is 0 Å². The van der Waals surface area contributed by atoms with Gasteiger partial charge in [-0.2, -0.15) is 0 Å². The van der Waals surface area contributed by atoms with Gasteiger partial charge in [0.05, 0.1) is 0 Å². The summed E-state index contributed by atoms with van der Waals surface area (Å²) in [5, 5.41) is 6.60. The van der Waals surface area contributed by atoms with Gasteiger partial charge in [0.1, 0.15) is 0 Å². The molecule has 1 aliphatic rings. The molecule has 2 N–H and O–H groups in total. The minimum absolute atomic E-state index is 0.795. The molecule has 0 aliphatic heterocycles. The molecule has 66 valence electrons. The van der Waals surface area contributed by atoms with Crippen LogP contribution in [0.1, 0.15) is 25.7 Å². The highest BCUT2D eigenvalue weighted by atomic mass is 14.9. The van der Waals surface area contributed by atoms with Crippen LogP contribution in [-0.2, 0) is 0 Å². The van der Waals surface area contributed by atoms with Crippen LogP contribution in [0, 0.1) is 5.92 Å². The molecule has 11 heavy (non-hydrogen) atoms. The van der Waals surface area contributed by atoms with Crippen molar-refractivity contribution in [3.63, 3.8) is 0 Å². The molecule has 0 saturated heterocycles. The van der Waals surface area contributed by atoms with E-state index >= 15 is 0 Å². The van der Waals surface area contributed by atoms with Gasteiger partial charge in [-0.05, 0) is 52.2 Å². The Hall–Kier alpha value is -0.0800. The average Bonchev–Trinajstić information content (AvgIpc) is 2.07. The molecule has 2 heteroatoms. The van der Waals surface area contributed by atoms with Gasteiger partial charge in [0.25, 0.3) is 0 Å². The summed E-state index contributed by atoms with van der Waals surface area (Å²) in [5.74, 6) is 0.935. The van der Waals surface area contributed by atoms with Gasteiger partial charge in [-0.1, -0.05) is 0 Å². The second kappa shape index (κ2) is 4.73. The predicted molar refractivity (Wildman–Crippen MR) is 48.7 cm³/mol. The van der Waals surface area contributed by atoms with E-state index < -0.39 is 0 Å². The van der Waals surface area contributed by atoms with Crippen LogP contribution in [0.15, 0.2) is 0 Å². The summed E-state index contributed by atoms with van der Waals surface area (Å²) in [6, 6.07) is 0.795. The predicted octanol–water partition coefficient (Wildman–Crippen LogP) is 0.984. The minimum atomic E-state index is 0.795. The quantitative estimate of drug-likeness (QED) is 0.636. The highest BCUT2D eigenvalue weighted by molar-refractivity contribution is 4.76. The molecule has 0 aromatic heterocycles. The molecule has 2 nitrogen and oxygen atoms in total. The molecular weight excluding hydrogens is 136 g/mol. The van der Waals surface area contributed by atoms with E-state index in [2.05, 4.69) is 17.7 Å². The van der Waals surface area contributed by atoms with Crippen LogP contribution in [-0.4, -0.2) is 26.7 Å². The van der Waals surface area contributed by atoms with Crippen LogP contribution < -0.4 is 10.6 Å². The first-order chi connectivity index (χ1) is 5.36. The molecule has 0 bridgehead atoms. The molecule has 1 saturated carbocycles. The van der Waals surface area contributed by atoms with Crippen molar-refractivity contribution in [3.05, 3.63) is 0 Å². The first-order valence-corrected chi connectivity index (χ1v) is 4.68. The number of nitrogens with one attached hydrogen (secondary N) is 2. The van der Waals surface area contributed by atoms with E-state index in [1.165, 1.54) is 32.2 Å². The lowest BCUT2D eigenvalue weighted by atomic mass is 9.86. The third kappa shape index (κ3) is 2.80. The molecule has 0 aromatic carbocycles. The fourth-order valence-corrected chi connectivity index (χ4v) is 1.94. The second-order valence-corrected chi connectivity index (χ2v) is 3.56. The molecule has 0 unspecified atom stereocenters. The number of hydrogen-bond donors (Lipinski definition) is 2. The molecule has 0 heterocycles. The lowest BCUT2D eigenvalue weighted by Gasteiger charge is -2.27. The zero-order valence-corrected chi connectivity index (χ0v) is 7.69. The standard InChI is InChI=1S/C9H20N2/c1-10-7-8-3-5-9(11-2)6-4-8/h8-11H,3-7H2,1-2H3/t8-,9-. The lowest BCUT2D eigenvalue weighted by Crippen LogP contribution is -2.32. The minimum Gasteiger partial charge on any atom is -0.319 e. The van der Waals surface area contributed by atoms with Crippen LogP contribution in [0.4, 0.5) is 0 Å². The van der Waals surface area contributed by atoms with Crippen LogP contribution in [0.3, 0.4) is 0 Å². The molecule has 1 rings (SSSR count). The summed E-state index contributed by atoms with van der Waals surface area (Å²) in [6.07, 6.45) is 5.52. The van der Waals surface area contributed by atoms with Crippen LogP contribution >= 0.6 is 0 Å². The van der Waals surface area contributed by atoms with Crippen molar-refractivity contribution in [2.75, 3.05) is 20.6 Å². The van der Waals surface area contributed by atoms with E-state index in [4.69, 9.17) is 0 Å². The Morgan fingerprint density at radius 3 is 2.18 bits per heavy atom. The fraction of sp³-hybridized carbons (Fsp3) is 1.00. The van der Waals surface area contributed by atoms with E-state index in [0.29, 0.717) is 0 Å². The Morgan fingerprint density at radius 2 is 1.73 bits per heavy atom. The van der Waals surface area contributed by atoms with Crippen LogP contribution in [0.25, 0.3) is 0 Å². The van der Waals surface area contributed by atoms with Gasteiger partial charge < -0.3 is 10.6 Å². The third-order valence-corrected chi connectivity index (χ3v) is 2.75. The van der Waals surface area contributed by atoms with Gasteiger partial charge in [-0.25, -0.2) is 0 Å². The largest absolute Gasteiger partial charge is 0.319 e. The summed E-state index contributed by atoms with van der Waals surface area (Å²) < 4.78 is 0. The van der Waals surface area contributed by atoms with Gasteiger partial charge in [0, 0.05) is 6.04 Å². The molecule has 0 aromatic rings. The van der Waals surface area contributed by atoms with Crippen molar-refractivity contribution in [1.29, 1.82) is 0 Å². The van der Waals surface area contributed by atoms with Crippen molar-refractivity contribution in [2.45, 2.75) is 31.7 Å². The highest BCUT2D eigenvalue weighted by Crippen LogP contribution is 2.23. The summed E-state index contributed by atoms with van der Waals surface area (Å²) in [5.41, 5.74) is 0. The van der Waals surface area contributed by atoms with E-state index in [1.54, 1.807) is 0 Å². The molecule has 0 atom stereocenters. The zero-order valence-electron chi connectivity index (χ0n) is 7.69. The van der Waals surface area contributed by atoms with E-state index in [0.717, 1.165) is 12.0 Å². The Kier molecular flexibility index (Phi) is 3.87. The molecule has 0 radical (unpaired) electrons. The van der Waals surface area contributed by atoms with Gasteiger partial charge in [-0.15, -0.1) is 0 Å². The topological polar surface area (TPSA) is 24.1 Å². The SMILES string of the molecule is CNC[C@H]1CC[C@H](NC)CC1. The third-order valence-electron chi connectivity index (χ3n) is 2.75. The van der Waals surface area contributed by atoms with E-state index in [9.17, 15) is 0 Å². The van der Waals surface area contributed by atoms with E-state index in [1.807, 2.05) is 7.05 Å². The number of rotatable bonds is 3. The molecular formula is C9H20N2. The summed E-state index contributed by atoms with van der Waals surface area (Å²) in [4.78, 5) is 0. The molecule has 0 amide bonds. The lowest BCUT2D eigenvalue weighted by molar-refractivity contribution is 0.297. The monoisotopic (exact) mass is 156 g/mol. The Labute approximate surface area is 69.8 Å². The van der Waals surface area contributed by atoms with Crippen LogP contribution in [0.5, 0.6) is 0 Å². The van der Waals surface area contributed by atoms with Crippen molar-refractivity contribution >= 4 is 0 Å². The normalized spacial score (nSPS) is 32.2. The first kappa shape index (κ1) is 9.01. The summed E-state index contributed by atoms with van der Waals surface area (Å²) in [7, 11) is 4.12. The van der Waals surface area contributed by atoms with Crippen molar-refractivity contribution in [3.8, 4) is 0 Å². The Balaban J connectivity index is 2.14. The van der Waals surface area contributed by atoms with Gasteiger partial charge in [0.15, 0.2) is 0 Å². The van der Waals surface area contributed by atoms with Gasteiger partial charge in [-0.3, -0.25) is 0 Å². The smallest absolute Gasteiger partial charge is 0.00642 e. The summed E-state index contributed by atoms with van der Waals surface area (Å²) in [6.45, 7) is 1.20. The van der Waals surface area contributed by atoms with Gasteiger partial charge >= 0.3 is 0 Å². The van der Waals surface area contributed by atoms with Crippen molar-refractivity contribution in [2.24, 2.45) is 5.92 Å². The maximum Gasteiger partial charge on any atom is 0.00642 e. The Morgan fingerprint density at radius 1 is 1.09 bits per heavy atom. The van der Waals surface area contributed by atoms with Crippen molar-refractivity contribution in [1.82, 2.24) is 10.6 Å². The van der Waals surface area contributed by atoms with Crippen molar-refractivity contribution < 1.29 is 0 Å². The van der Waals surface area contributed by atoms with E-state index in [-0.39, 0.29) is 0 Å². The number of hydrogen-bond acceptors (Lipinski definition) is 2. The molecule has 1 aliphatic carbocycles. The average molecular weight is 156 g/mol. The first-order valence-electron chi connectivity index (χ1n) is 4.68. The van der Waals surface area contributed by atoms with Crippen LogP contribution in [0.2, 0.25) is 0 Å². The maximum absolute atomic E-state index is 3.35. The molecule has 0 spiro atoms. The highest BCUT2D eigenvalue weighted by Gasteiger charge is 2.18. The maximum atomic E-state index is 3.35. The Bertz CT molecular complexity index is 95.7. The zero-order chi connectivity index (χ0) is 8.10. The summed E-state index contributed by atoms with van der Waals surface area (Å²) >= 11 is 0. The second-order valence-electron chi connectivity index (χ2n) is 3.56.